The molecular weight excluding hydrogens is 271 g/mol. The Morgan fingerprint density at radius 3 is 2.06 bits per heavy atom. The first kappa shape index (κ1) is 17.7. The zero-order valence-corrected chi connectivity index (χ0v) is 14.1. The predicted molar refractivity (Wildman–Crippen MR) is 83.0 cm³/mol. The standard InChI is InChI=1S/C12H25O2PS2/c1-7-8-9-12(6)17-15(16,13-10(2)3)14-11(4)5/h10-11H,6-9H2,1-5H3. The monoisotopic (exact) mass is 296 g/mol. The van der Waals surface area contributed by atoms with Crippen molar-refractivity contribution in [1.82, 2.24) is 0 Å². The molecule has 0 N–H and O–H groups in total. The fourth-order valence-corrected chi connectivity index (χ4v) is 7.38. The molecular formula is C12H25O2PS2. The Hall–Kier alpha value is 0.660. The van der Waals surface area contributed by atoms with E-state index in [0.717, 1.165) is 17.7 Å². The lowest BCUT2D eigenvalue weighted by Crippen LogP contribution is -2.05. The Labute approximate surface area is 115 Å². The van der Waals surface area contributed by atoms with Gasteiger partial charge >= 0.3 is 0 Å². The maximum absolute atomic E-state index is 5.81. The van der Waals surface area contributed by atoms with Crippen LogP contribution in [0.3, 0.4) is 0 Å². The molecule has 0 aliphatic carbocycles. The van der Waals surface area contributed by atoms with E-state index in [4.69, 9.17) is 20.9 Å². The molecule has 0 fully saturated rings. The van der Waals surface area contributed by atoms with Gasteiger partial charge in [0.1, 0.15) is 0 Å². The van der Waals surface area contributed by atoms with Crippen molar-refractivity contribution < 1.29 is 9.05 Å². The van der Waals surface area contributed by atoms with Crippen molar-refractivity contribution in [3.05, 3.63) is 11.5 Å². The SMILES string of the molecule is C=C(CCCC)SP(=S)(OC(C)C)OC(C)C. The lowest BCUT2D eigenvalue weighted by molar-refractivity contribution is 0.186. The molecule has 0 bridgehead atoms. The summed E-state index contributed by atoms with van der Waals surface area (Å²) in [7, 11) is 0. The van der Waals surface area contributed by atoms with Crippen LogP contribution in [0.25, 0.3) is 0 Å². The van der Waals surface area contributed by atoms with Gasteiger partial charge in [0.15, 0.2) is 0 Å². The smallest absolute Gasteiger partial charge is 0.252 e. The fraction of sp³-hybridized carbons (Fsp3) is 0.833. The minimum Gasteiger partial charge on any atom is -0.319 e. The van der Waals surface area contributed by atoms with Crippen molar-refractivity contribution in [2.45, 2.75) is 66.1 Å². The molecule has 0 radical (unpaired) electrons. The number of rotatable bonds is 9. The third kappa shape index (κ3) is 9.26. The van der Waals surface area contributed by atoms with E-state index in [2.05, 4.69) is 13.5 Å². The normalized spacial score (nSPS) is 12.4. The summed E-state index contributed by atoms with van der Waals surface area (Å²) < 4.78 is 11.6. The molecule has 0 aliphatic heterocycles. The maximum Gasteiger partial charge on any atom is 0.252 e. The van der Waals surface area contributed by atoms with Crippen LogP contribution < -0.4 is 0 Å². The summed E-state index contributed by atoms with van der Waals surface area (Å²) in [5.41, 5.74) is -2.28. The summed E-state index contributed by atoms with van der Waals surface area (Å²) in [6.45, 7) is 14.2. The molecule has 0 aromatic rings. The minimum atomic E-state index is -2.28. The van der Waals surface area contributed by atoms with E-state index < -0.39 is 5.69 Å². The molecule has 2 nitrogen and oxygen atoms in total. The molecule has 0 saturated heterocycles. The summed E-state index contributed by atoms with van der Waals surface area (Å²) in [5, 5.41) is 0. The topological polar surface area (TPSA) is 18.5 Å². The third-order valence-electron chi connectivity index (χ3n) is 1.73. The van der Waals surface area contributed by atoms with Crippen LogP contribution >= 0.6 is 17.1 Å². The first-order chi connectivity index (χ1) is 7.79. The van der Waals surface area contributed by atoms with Gasteiger partial charge in [-0.1, -0.05) is 19.9 Å². The average molecular weight is 296 g/mol. The van der Waals surface area contributed by atoms with Crippen molar-refractivity contribution in [2.24, 2.45) is 0 Å². The van der Waals surface area contributed by atoms with Crippen LogP contribution in [0.15, 0.2) is 11.5 Å². The highest BCUT2D eigenvalue weighted by molar-refractivity contribution is 8.69. The number of hydrogen-bond acceptors (Lipinski definition) is 4. The first-order valence-corrected chi connectivity index (χ1v) is 10.2. The lowest BCUT2D eigenvalue weighted by atomic mass is 10.2. The van der Waals surface area contributed by atoms with Crippen molar-refractivity contribution in [1.29, 1.82) is 0 Å². The van der Waals surface area contributed by atoms with Crippen molar-refractivity contribution in [3.63, 3.8) is 0 Å². The van der Waals surface area contributed by atoms with Gasteiger partial charge in [-0.3, -0.25) is 0 Å². The van der Waals surface area contributed by atoms with Gasteiger partial charge in [-0.15, -0.1) is 0 Å². The highest BCUT2D eigenvalue weighted by Crippen LogP contribution is 2.65. The van der Waals surface area contributed by atoms with Crippen LogP contribution in [-0.4, -0.2) is 12.2 Å². The van der Waals surface area contributed by atoms with E-state index >= 15 is 0 Å². The zero-order valence-electron chi connectivity index (χ0n) is 11.6. The Bertz CT molecular complexity index is 264. The Morgan fingerprint density at radius 1 is 1.24 bits per heavy atom. The van der Waals surface area contributed by atoms with Crippen LogP contribution in [0, 0.1) is 0 Å². The molecule has 0 aliphatic rings. The van der Waals surface area contributed by atoms with Gasteiger partial charge in [0, 0.05) is 0 Å². The summed E-state index contributed by atoms with van der Waals surface area (Å²) in [5.74, 6) is 0. The summed E-state index contributed by atoms with van der Waals surface area (Å²) in [6.07, 6.45) is 3.48. The van der Waals surface area contributed by atoms with Gasteiger partial charge < -0.3 is 9.05 Å². The van der Waals surface area contributed by atoms with E-state index in [-0.39, 0.29) is 12.2 Å². The largest absolute Gasteiger partial charge is 0.319 e. The molecule has 0 saturated carbocycles. The fourth-order valence-electron chi connectivity index (χ4n) is 1.16. The molecule has 102 valence electrons. The van der Waals surface area contributed by atoms with E-state index in [9.17, 15) is 0 Å². The molecule has 0 aromatic carbocycles. The van der Waals surface area contributed by atoms with E-state index in [1.54, 1.807) is 0 Å². The summed E-state index contributed by atoms with van der Waals surface area (Å²) in [4.78, 5) is 1.08. The van der Waals surface area contributed by atoms with Crippen molar-refractivity contribution >= 4 is 28.9 Å². The van der Waals surface area contributed by atoms with Gasteiger partial charge in [0.25, 0.3) is 5.69 Å². The van der Waals surface area contributed by atoms with E-state index in [0.29, 0.717) is 0 Å². The summed E-state index contributed by atoms with van der Waals surface area (Å²) >= 11 is 7.08. The third-order valence-corrected chi connectivity index (χ3v) is 6.92. The Balaban J connectivity index is 4.47. The lowest BCUT2D eigenvalue weighted by Gasteiger charge is -2.26. The van der Waals surface area contributed by atoms with Gasteiger partial charge in [0.05, 0.1) is 12.2 Å². The molecule has 0 rings (SSSR count). The summed E-state index contributed by atoms with van der Waals surface area (Å²) in [6, 6.07) is 0. The number of hydrogen-bond donors (Lipinski definition) is 0. The molecule has 17 heavy (non-hydrogen) atoms. The van der Waals surface area contributed by atoms with Gasteiger partial charge in [-0.05, 0) is 68.6 Å². The van der Waals surface area contributed by atoms with Gasteiger partial charge in [-0.2, -0.15) is 0 Å². The van der Waals surface area contributed by atoms with Gasteiger partial charge in [-0.25, -0.2) is 0 Å². The second-order valence-corrected chi connectivity index (χ2v) is 10.7. The van der Waals surface area contributed by atoms with Crippen LogP contribution in [0.2, 0.25) is 0 Å². The maximum atomic E-state index is 5.81. The molecule has 0 aromatic heterocycles. The van der Waals surface area contributed by atoms with Crippen molar-refractivity contribution in [2.75, 3.05) is 0 Å². The van der Waals surface area contributed by atoms with Crippen LogP contribution in [0.5, 0.6) is 0 Å². The highest BCUT2D eigenvalue weighted by Gasteiger charge is 2.24. The Morgan fingerprint density at radius 2 is 1.71 bits per heavy atom. The molecule has 0 unspecified atom stereocenters. The quantitative estimate of drug-likeness (QED) is 0.523. The number of unbranched alkanes of at least 4 members (excludes halogenated alkanes) is 1. The second-order valence-electron chi connectivity index (χ2n) is 4.49. The van der Waals surface area contributed by atoms with Crippen LogP contribution in [0.1, 0.15) is 53.9 Å². The molecule has 5 heteroatoms. The predicted octanol–water partition coefficient (Wildman–Crippen LogP) is 5.50. The molecule has 0 heterocycles. The van der Waals surface area contributed by atoms with Crippen LogP contribution in [0.4, 0.5) is 0 Å². The average Bonchev–Trinajstić information content (AvgIpc) is 2.10. The Kier molecular flexibility index (Phi) is 9.05. The van der Waals surface area contributed by atoms with Crippen LogP contribution in [-0.2, 0) is 20.9 Å². The molecule has 0 atom stereocenters. The van der Waals surface area contributed by atoms with Gasteiger partial charge in [0.2, 0.25) is 0 Å². The minimum absolute atomic E-state index is 0.0889. The van der Waals surface area contributed by atoms with E-state index in [1.165, 1.54) is 17.8 Å². The zero-order chi connectivity index (χ0) is 13.5. The second kappa shape index (κ2) is 8.71. The highest BCUT2D eigenvalue weighted by atomic mass is 32.9. The first-order valence-electron chi connectivity index (χ1n) is 6.13. The van der Waals surface area contributed by atoms with Crippen molar-refractivity contribution in [3.8, 4) is 0 Å². The molecule has 0 amide bonds. The number of allylic oxidation sites excluding steroid dienone is 1. The molecule has 0 spiro atoms. The van der Waals surface area contributed by atoms with E-state index in [1.807, 2.05) is 27.7 Å².